The van der Waals surface area contributed by atoms with Crippen LogP contribution in [0.4, 0.5) is 5.69 Å². The molecule has 1 unspecified atom stereocenters. The number of rotatable bonds is 6. The molecule has 9 nitrogen and oxygen atoms in total. The number of benzene rings is 1. The number of aromatic nitrogens is 1. The van der Waals surface area contributed by atoms with E-state index in [2.05, 4.69) is 34.1 Å². The van der Waals surface area contributed by atoms with Crippen LogP contribution in [0.5, 0.6) is 5.75 Å². The van der Waals surface area contributed by atoms with Crippen LogP contribution < -0.4 is 15.2 Å². The molecule has 0 bridgehead atoms. The van der Waals surface area contributed by atoms with Gasteiger partial charge in [0.2, 0.25) is 0 Å². The molecule has 1 fully saturated rings. The van der Waals surface area contributed by atoms with Crippen LogP contribution in [-0.2, 0) is 29.0 Å². The first-order valence-corrected chi connectivity index (χ1v) is 12.5. The van der Waals surface area contributed by atoms with E-state index in [-0.39, 0.29) is 17.2 Å². The Morgan fingerprint density at radius 3 is 2.44 bits per heavy atom. The first-order chi connectivity index (χ1) is 17.3. The number of carbonyl (C=O) groups excluding carboxylic acids is 2. The van der Waals surface area contributed by atoms with Gasteiger partial charge in [0.25, 0.3) is 11.5 Å². The van der Waals surface area contributed by atoms with Crippen LogP contribution in [0.2, 0.25) is 0 Å². The smallest absolute Gasteiger partial charge is 0.328 e. The summed E-state index contributed by atoms with van der Waals surface area (Å²) < 4.78 is 12.2. The maximum atomic E-state index is 13.9. The lowest BCUT2D eigenvalue weighted by atomic mass is 9.99. The van der Waals surface area contributed by atoms with Crippen LogP contribution >= 0.6 is 0 Å². The van der Waals surface area contributed by atoms with Crippen LogP contribution in [0.1, 0.15) is 40.9 Å². The summed E-state index contributed by atoms with van der Waals surface area (Å²) in [7, 11) is 6.85. The Hall–Kier alpha value is -3.33. The molecular formula is C27H36N4O5. The summed E-state index contributed by atoms with van der Waals surface area (Å²) in [6.07, 6.45) is 2.77. The minimum Gasteiger partial charge on any atom is -0.496 e. The molecule has 0 saturated carbocycles. The maximum absolute atomic E-state index is 13.9. The second-order valence-electron chi connectivity index (χ2n) is 9.64. The summed E-state index contributed by atoms with van der Waals surface area (Å²) in [6.45, 7) is 3.09. The summed E-state index contributed by atoms with van der Waals surface area (Å²) in [4.78, 5) is 45.3. The molecule has 2 aliphatic heterocycles. The van der Waals surface area contributed by atoms with Gasteiger partial charge < -0.3 is 23.8 Å². The standard InChI is InChI=1S/C27H36N4O5/c1-28(2)20-10-8-19(9-11-20)18-29-14-12-21-25(23(35-3)17-24(32)30(21)16-15-29)26(33)31-13-6-5-7-22(31)27(34)36-4/h8-11,17,22H,5-7,12-16,18H2,1-4H3. The normalized spacial score (nSPS) is 18.2. The lowest BCUT2D eigenvalue weighted by Gasteiger charge is -2.34. The van der Waals surface area contributed by atoms with Crippen LogP contribution in [0.3, 0.4) is 0 Å². The van der Waals surface area contributed by atoms with Crippen molar-refractivity contribution in [1.82, 2.24) is 14.4 Å². The molecule has 0 radical (unpaired) electrons. The summed E-state index contributed by atoms with van der Waals surface area (Å²) >= 11 is 0. The molecule has 1 aromatic heterocycles. The number of fused-ring (bicyclic) bond motifs is 1. The maximum Gasteiger partial charge on any atom is 0.328 e. The lowest BCUT2D eigenvalue weighted by molar-refractivity contribution is -0.147. The fraction of sp³-hybridized carbons (Fsp3) is 0.519. The van der Waals surface area contributed by atoms with E-state index in [1.54, 1.807) is 9.47 Å². The minimum atomic E-state index is -0.624. The van der Waals surface area contributed by atoms with Crippen LogP contribution in [-0.4, -0.2) is 80.2 Å². The second kappa shape index (κ2) is 11.2. The molecule has 0 N–H and O–H groups in total. The van der Waals surface area contributed by atoms with E-state index < -0.39 is 12.0 Å². The molecule has 194 valence electrons. The van der Waals surface area contributed by atoms with Crippen molar-refractivity contribution in [3.63, 3.8) is 0 Å². The zero-order chi connectivity index (χ0) is 25.8. The van der Waals surface area contributed by atoms with Crippen molar-refractivity contribution >= 4 is 17.6 Å². The van der Waals surface area contributed by atoms with Gasteiger partial charge in [0, 0.05) is 70.7 Å². The average Bonchev–Trinajstić information content (AvgIpc) is 3.11. The number of hydrogen-bond acceptors (Lipinski definition) is 7. The second-order valence-corrected chi connectivity index (χ2v) is 9.64. The Morgan fingerprint density at radius 1 is 1.03 bits per heavy atom. The summed E-state index contributed by atoms with van der Waals surface area (Å²) in [6, 6.07) is 9.22. The zero-order valence-electron chi connectivity index (χ0n) is 21.7. The number of carbonyl (C=O) groups is 2. The highest BCUT2D eigenvalue weighted by molar-refractivity contribution is 6.00. The van der Waals surface area contributed by atoms with Gasteiger partial charge in [-0.1, -0.05) is 12.1 Å². The van der Waals surface area contributed by atoms with Crippen molar-refractivity contribution < 1.29 is 19.1 Å². The van der Waals surface area contributed by atoms with Gasteiger partial charge in [-0.15, -0.1) is 0 Å². The van der Waals surface area contributed by atoms with E-state index in [9.17, 15) is 14.4 Å². The molecule has 1 amide bonds. The Labute approximate surface area is 212 Å². The molecular weight excluding hydrogens is 460 g/mol. The van der Waals surface area contributed by atoms with Crippen molar-refractivity contribution in [2.24, 2.45) is 0 Å². The third kappa shape index (κ3) is 5.26. The average molecular weight is 497 g/mol. The van der Waals surface area contributed by atoms with E-state index in [0.29, 0.717) is 50.3 Å². The number of nitrogens with zero attached hydrogens (tertiary/aromatic N) is 4. The number of methoxy groups -OCH3 is 2. The quantitative estimate of drug-likeness (QED) is 0.567. The molecule has 2 aromatic rings. The molecule has 1 saturated heterocycles. The van der Waals surface area contributed by atoms with E-state index >= 15 is 0 Å². The third-order valence-electron chi connectivity index (χ3n) is 7.22. The monoisotopic (exact) mass is 496 g/mol. The van der Waals surface area contributed by atoms with Gasteiger partial charge in [-0.3, -0.25) is 14.5 Å². The van der Waals surface area contributed by atoms with Crippen molar-refractivity contribution in [3.05, 3.63) is 57.5 Å². The number of hydrogen-bond donors (Lipinski definition) is 0. The molecule has 3 heterocycles. The molecule has 1 aromatic carbocycles. The Balaban J connectivity index is 1.61. The highest BCUT2D eigenvalue weighted by Gasteiger charge is 2.36. The van der Waals surface area contributed by atoms with Crippen LogP contribution in [0.25, 0.3) is 0 Å². The van der Waals surface area contributed by atoms with Crippen molar-refractivity contribution in [2.75, 3.05) is 52.8 Å². The summed E-state index contributed by atoms with van der Waals surface area (Å²) in [5.41, 5.74) is 3.21. The molecule has 1 atom stereocenters. The van der Waals surface area contributed by atoms with Crippen molar-refractivity contribution in [3.8, 4) is 5.75 Å². The molecule has 2 aliphatic rings. The van der Waals surface area contributed by atoms with Crippen LogP contribution in [0.15, 0.2) is 35.1 Å². The molecule has 36 heavy (non-hydrogen) atoms. The Morgan fingerprint density at radius 2 is 1.78 bits per heavy atom. The Bertz CT molecular complexity index is 1160. The number of esters is 1. The number of likely N-dealkylation sites (tertiary alicyclic amines) is 1. The van der Waals surface area contributed by atoms with Gasteiger partial charge in [-0.2, -0.15) is 0 Å². The number of amides is 1. The minimum absolute atomic E-state index is 0.182. The largest absolute Gasteiger partial charge is 0.496 e. The van der Waals surface area contributed by atoms with E-state index in [1.165, 1.54) is 25.8 Å². The first-order valence-electron chi connectivity index (χ1n) is 12.5. The predicted molar refractivity (Wildman–Crippen MR) is 138 cm³/mol. The van der Waals surface area contributed by atoms with E-state index in [4.69, 9.17) is 9.47 Å². The number of anilines is 1. The number of pyridine rings is 1. The predicted octanol–water partition coefficient (Wildman–Crippen LogP) is 2.15. The highest BCUT2D eigenvalue weighted by Crippen LogP contribution is 2.28. The summed E-state index contributed by atoms with van der Waals surface area (Å²) in [5.74, 6) is -0.427. The van der Waals surface area contributed by atoms with Gasteiger partial charge in [0.1, 0.15) is 17.4 Å². The van der Waals surface area contributed by atoms with Gasteiger partial charge >= 0.3 is 5.97 Å². The van der Waals surface area contributed by atoms with E-state index in [1.807, 2.05) is 14.1 Å². The highest BCUT2D eigenvalue weighted by atomic mass is 16.5. The van der Waals surface area contributed by atoms with Gasteiger partial charge in [-0.25, -0.2) is 4.79 Å². The summed E-state index contributed by atoms with van der Waals surface area (Å²) in [5, 5.41) is 0. The SMILES string of the molecule is COC(=O)C1CCCCN1C(=O)c1c(OC)cc(=O)n2c1CCN(Cc1ccc(N(C)C)cc1)CC2. The van der Waals surface area contributed by atoms with Crippen LogP contribution in [0, 0.1) is 0 Å². The number of piperidine rings is 1. The molecule has 9 heteroatoms. The van der Waals surface area contributed by atoms with Gasteiger partial charge in [-0.05, 0) is 37.0 Å². The van der Waals surface area contributed by atoms with Gasteiger partial charge in [0.05, 0.1) is 14.2 Å². The fourth-order valence-corrected chi connectivity index (χ4v) is 5.20. The molecule has 4 rings (SSSR count). The topological polar surface area (TPSA) is 84.3 Å². The third-order valence-corrected chi connectivity index (χ3v) is 7.22. The van der Waals surface area contributed by atoms with Gasteiger partial charge in [0.15, 0.2) is 0 Å². The Kier molecular flexibility index (Phi) is 7.98. The number of ether oxygens (including phenoxy) is 2. The van der Waals surface area contributed by atoms with E-state index in [0.717, 1.165) is 25.1 Å². The first kappa shape index (κ1) is 25.8. The van der Waals surface area contributed by atoms with Crippen molar-refractivity contribution in [2.45, 2.75) is 44.8 Å². The molecule has 0 aliphatic carbocycles. The fourth-order valence-electron chi connectivity index (χ4n) is 5.20. The molecule has 0 spiro atoms. The van der Waals surface area contributed by atoms with Crippen molar-refractivity contribution in [1.29, 1.82) is 0 Å². The zero-order valence-corrected chi connectivity index (χ0v) is 21.7. The lowest BCUT2D eigenvalue weighted by Crippen LogP contribution is -2.49.